The van der Waals surface area contributed by atoms with Crippen LogP contribution in [0.25, 0.3) is 5.57 Å². The van der Waals surface area contributed by atoms with Crippen LogP contribution >= 0.6 is 0 Å². The molecule has 3 aliphatic rings. The Morgan fingerprint density at radius 3 is 2.33 bits per heavy atom. The van der Waals surface area contributed by atoms with Gasteiger partial charge in [-0.2, -0.15) is 0 Å². The van der Waals surface area contributed by atoms with Gasteiger partial charge in [-0.25, -0.2) is 9.38 Å². The van der Waals surface area contributed by atoms with E-state index in [0.717, 1.165) is 82.9 Å². The van der Waals surface area contributed by atoms with Crippen molar-refractivity contribution in [3.05, 3.63) is 59.8 Å². The van der Waals surface area contributed by atoms with E-state index in [9.17, 15) is 4.79 Å². The largest absolute Gasteiger partial charge is 0.481 e. The molecule has 232 valence electrons. The molecule has 3 aliphatic heterocycles. The minimum atomic E-state index is -0.833. The van der Waals surface area contributed by atoms with Crippen LogP contribution in [0.2, 0.25) is 0 Å². The Morgan fingerprint density at radius 2 is 1.74 bits per heavy atom. The summed E-state index contributed by atoms with van der Waals surface area (Å²) in [6.07, 6.45) is 11.2. The Balaban J connectivity index is 0.000000947. The first-order valence-corrected chi connectivity index (χ1v) is 15.5. The molecule has 1 N–H and O–H groups in total. The van der Waals surface area contributed by atoms with Crippen molar-refractivity contribution in [2.45, 2.75) is 92.5 Å². The molecule has 42 heavy (non-hydrogen) atoms. The number of carboxylic acid groups (broad SMARTS) is 1. The van der Waals surface area contributed by atoms with Crippen molar-refractivity contribution in [2.75, 3.05) is 31.6 Å². The standard InChI is InChI=1S/C30H41FN4O.C2H4O2.C2H6/c1-21(2)17-25-20-28(30(36)35-16-8-6-7-11-23(35)4)32-29(33(25)5)18-22(3)26-13-12-24(19-27(26)31)34-14-9-10-15-34;1-2(3)4;1-2/h12-13,18-21,23H,3,6-11,14-17H2,1-2,4-5H3;1H3,(H,3,4);1-2H3/b29-18-;;. The number of aliphatic carboxylic acids is 1. The number of aliphatic imine (C=N–C) groups is 1. The second kappa shape index (κ2) is 16.9. The predicted octanol–water partition coefficient (Wildman–Crippen LogP) is 7.51. The summed E-state index contributed by atoms with van der Waals surface area (Å²) in [5.74, 6) is -0.0926. The highest BCUT2D eigenvalue weighted by Gasteiger charge is 2.28. The molecule has 0 aromatic heterocycles. The molecule has 0 spiro atoms. The third kappa shape index (κ3) is 9.85. The van der Waals surface area contributed by atoms with Gasteiger partial charge in [0.05, 0.1) is 0 Å². The number of anilines is 1. The number of carbonyl (C=O) groups is 2. The zero-order valence-corrected chi connectivity index (χ0v) is 26.8. The summed E-state index contributed by atoms with van der Waals surface area (Å²) in [5.41, 5.74) is 3.43. The van der Waals surface area contributed by atoms with E-state index in [4.69, 9.17) is 14.9 Å². The third-order valence-electron chi connectivity index (χ3n) is 7.54. The second-order valence-corrected chi connectivity index (χ2v) is 11.4. The van der Waals surface area contributed by atoms with Crippen LogP contribution in [0.5, 0.6) is 0 Å². The van der Waals surface area contributed by atoms with Gasteiger partial charge in [0.15, 0.2) is 0 Å². The Hall–Kier alpha value is -3.42. The number of nitrogens with zero attached hydrogens (tertiary/aromatic N) is 4. The number of halogens is 1. The second-order valence-electron chi connectivity index (χ2n) is 11.4. The van der Waals surface area contributed by atoms with Gasteiger partial charge in [-0.05, 0) is 80.9 Å². The van der Waals surface area contributed by atoms with Gasteiger partial charge in [-0.3, -0.25) is 9.59 Å². The Labute approximate surface area is 252 Å². The number of allylic oxidation sites excluding steroid dienone is 3. The minimum absolute atomic E-state index is 0.0172. The molecule has 4 rings (SSSR count). The van der Waals surface area contributed by atoms with Crippen molar-refractivity contribution < 1.29 is 19.1 Å². The summed E-state index contributed by atoms with van der Waals surface area (Å²) in [5, 5.41) is 7.42. The fraction of sp³-hybridized carbons (Fsp3) is 0.559. The summed E-state index contributed by atoms with van der Waals surface area (Å²) in [6, 6.07) is 5.60. The van der Waals surface area contributed by atoms with E-state index in [1.807, 2.05) is 48.9 Å². The number of hydrogen-bond acceptors (Lipinski definition) is 5. The van der Waals surface area contributed by atoms with E-state index in [1.165, 1.54) is 0 Å². The average Bonchev–Trinajstić information content (AvgIpc) is 3.39. The van der Waals surface area contributed by atoms with Crippen LogP contribution in [0.15, 0.2) is 53.4 Å². The molecule has 1 unspecified atom stereocenters. The van der Waals surface area contributed by atoms with E-state index in [2.05, 4.69) is 32.3 Å². The van der Waals surface area contributed by atoms with E-state index in [1.54, 1.807) is 12.1 Å². The molecule has 7 nitrogen and oxygen atoms in total. The summed E-state index contributed by atoms with van der Waals surface area (Å²) in [6.45, 7) is 18.4. The molecule has 0 radical (unpaired) electrons. The van der Waals surface area contributed by atoms with E-state index >= 15 is 4.39 Å². The fourth-order valence-corrected chi connectivity index (χ4v) is 5.38. The molecular formula is C34H51FN4O3. The summed E-state index contributed by atoms with van der Waals surface area (Å²) in [7, 11) is 1.96. The van der Waals surface area contributed by atoms with Gasteiger partial charge < -0.3 is 19.8 Å². The lowest BCUT2D eigenvalue weighted by atomic mass is 10.0. The van der Waals surface area contributed by atoms with Crippen molar-refractivity contribution in [1.82, 2.24) is 9.80 Å². The lowest BCUT2D eigenvalue weighted by molar-refractivity contribution is -0.134. The van der Waals surface area contributed by atoms with Crippen molar-refractivity contribution >= 4 is 28.8 Å². The first kappa shape index (κ1) is 34.8. The number of carbonyl (C=O) groups excluding carboxylic acids is 1. The molecule has 1 aromatic rings. The van der Waals surface area contributed by atoms with Crippen molar-refractivity contribution in [3.8, 4) is 0 Å². The number of amides is 1. The zero-order valence-electron chi connectivity index (χ0n) is 26.8. The SMILES string of the molecule is C=C(/C=C1/N=C(C(=O)N2CCCCCC2C)C=C(CC(C)C)N1C)c1ccc(N2CCCC2)cc1F.CC.CC(=O)O. The van der Waals surface area contributed by atoms with Gasteiger partial charge in [-0.1, -0.05) is 47.1 Å². The highest BCUT2D eigenvalue weighted by molar-refractivity contribution is 6.43. The topological polar surface area (TPSA) is 76.5 Å². The van der Waals surface area contributed by atoms with Crippen LogP contribution < -0.4 is 4.90 Å². The molecule has 2 saturated heterocycles. The van der Waals surface area contributed by atoms with Crippen LogP contribution in [0.3, 0.4) is 0 Å². The molecule has 3 heterocycles. The Kier molecular flexibility index (Phi) is 14.0. The van der Waals surface area contributed by atoms with Crippen LogP contribution in [0.1, 0.15) is 92.1 Å². The minimum Gasteiger partial charge on any atom is -0.481 e. The van der Waals surface area contributed by atoms with Crippen LogP contribution in [0.4, 0.5) is 10.1 Å². The van der Waals surface area contributed by atoms with Gasteiger partial charge in [0.25, 0.3) is 11.9 Å². The Morgan fingerprint density at radius 1 is 1.12 bits per heavy atom. The molecule has 1 aromatic carbocycles. The maximum atomic E-state index is 15.1. The number of carboxylic acids is 1. The monoisotopic (exact) mass is 582 g/mol. The third-order valence-corrected chi connectivity index (χ3v) is 7.54. The molecule has 1 atom stereocenters. The summed E-state index contributed by atoms with van der Waals surface area (Å²) >= 11 is 0. The van der Waals surface area contributed by atoms with Gasteiger partial charge in [0.2, 0.25) is 0 Å². The van der Waals surface area contributed by atoms with E-state index < -0.39 is 5.97 Å². The molecule has 1 amide bonds. The maximum absolute atomic E-state index is 15.1. The lowest BCUT2D eigenvalue weighted by Crippen LogP contribution is -2.43. The van der Waals surface area contributed by atoms with E-state index in [0.29, 0.717) is 28.6 Å². The first-order chi connectivity index (χ1) is 20.0. The number of likely N-dealkylation sites (tertiary alicyclic amines) is 1. The predicted molar refractivity (Wildman–Crippen MR) is 172 cm³/mol. The molecule has 8 heteroatoms. The first-order valence-electron chi connectivity index (χ1n) is 15.5. The van der Waals surface area contributed by atoms with Gasteiger partial charge in [-0.15, -0.1) is 0 Å². The van der Waals surface area contributed by atoms with Crippen LogP contribution in [-0.4, -0.2) is 65.2 Å². The molecule has 0 saturated carbocycles. The fourth-order valence-electron chi connectivity index (χ4n) is 5.38. The summed E-state index contributed by atoms with van der Waals surface area (Å²) in [4.78, 5) is 33.6. The molecule has 0 bridgehead atoms. The summed E-state index contributed by atoms with van der Waals surface area (Å²) < 4.78 is 15.1. The van der Waals surface area contributed by atoms with E-state index in [-0.39, 0.29) is 17.8 Å². The number of rotatable bonds is 6. The zero-order chi connectivity index (χ0) is 31.4. The van der Waals surface area contributed by atoms with Gasteiger partial charge in [0.1, 0.15) is 17.3 Å². The highest BCUT2D eigenvalue weighted by atomic mass is 19.1. The smallest absolute Gasteiger partial charge is 0.300 e. The molecule has 0 aliphatic carbocycles. The normalized spacial score (nSPS) is 19.7. The van der Waals surface area contributed by atoms with Crippen LogP contribution in [0, 0.1) is 11.7 Å². The van der Waals surface area contributed by atoms with Crippen LogP contribution in [-0.2, 0) is 9.59 Å². The Bertz CT molecular complexity index is 1180. The van der Waals surface area contributed by atoms with Crippen molar-refractivity contribution in [3.63, 3.8) is 0 Å². The van der Waals surface area contributed by atoms with Gasteiger partial charge >= 0.3 is 0 Å². The number of hydrogen-bond donors (Lipinski definition) is 1. The van der Waals surface area contributed by atoms with Gasteiger partial charge in [0, 0.05) is 56.6 Å². The molecular weight excluding hydrogens is 531 g/mol. The van der Waals surface area contributed by atoms with Crippen molar-refractivity contribution in [2.24, 2.45) is 10.9 Å². The maximum Gasteiger partial charge on any atom is 0.300 e. The van der Waals surface area contributed by atoms with Crippen molar-refractivity contribution in [1.29, 1.82) is 0 Å². The average molecular weight is 583 g/mol. The molecule has 2 fully saturated rings. The number of benzene rings is 1. The quantitative estimate of drug-likeness (QED) is 0.376. The lowest BCUT2D eigenvalue weighted by Gasteiger charge is -2.32. The highest BCUT2D eigenvalue weighted by Crippen LogP contribution is 2.30.